The smallest absolute Gasteiger partial charge is 0.252 e. The molecule has 5 heteroatoms. The fraction of sp³-hybridized carbons (Fsp3) is 0.300. The Morgan fingerprint density at radius 3 is 3.00 bits per heavy atom. The van der Waals surface area contributed by atoms with E-state index in [1.165, 1.54) is 0 Å². The van der Waals surface area contributed by atoms with Gasteiger partial charge in [0.1, 0.15) is 0 Å². The number of thioether (sulfide) groups is 1. The summed E-state index contributed by atoms with van der Waals surface area (Å²) in [6.45, 7) is 0.646. The number of thiol groups is 1. The Morgan fingerprint density at radius 1 is 1.60 bits per heavy atom. The second kappa shape index (κ2) is 6.30. The maximum Gasteiger partial charge on any atom is 0.252 e. The molecule has 0 aromatic heterocycles. The molecule has 0 heterocycles. The van der Waals surface area contributed by atoms with Crippen molar-refractivity contribution < 1.29 is 4.79 Å². The van der Waals surface area contributed by atoms with Crippen LogP contribution >= 0.6 is 36.0 Å². The van der Waals surface area contributed by atoms with E-state index < -0.39 is 0 Å². The van der Waals surface area contributed by atoms with Gasteiger partial charge in [0.15, 0.2) is 0 Å². The molecule has 0 atom stereocenters. The van der Waals surface area contributed by atoms with Gasteiger partial charge in [0, 0.05) is 17.2 Å². The fourth-order valence-corrected chi connectivity index (χ4v) is 1.76. The first-order valence-corrected chi connectivity index (χ1v) is 6.62. The van der Waals surface area contributed by atoms with Gasteiger partial charge in [0.2, 0.25) is 0 Å². The molecular formula is C10H12ClNOS2. The molecule has 1 aromatic carbocycles. The average molecular weight is 262 g/mol. The highest BCUT2D eigenvalue weighted by Gasteiger charge is 2.09. The van der Waals surface area contributed by atoms with E-state index in [1.807, 2.05) is 6.26 Å². The molecule has 0 aliphatic rings. The highest BCUT2D eigenvalue weighted by molar-refractivity contribution is 7.98. The molecule has 1 amide bonds. The lowest BCUT2D eigenvalue weighted by Crippen LogP contribution is -2.25. The van der Waals surface area contributed by atoms with Crippen LogP contribution in [0.3, 0.4) is 0 Å². The fourth-order valence-electron chi connectivity index (χ4n) is 1.05. The molecule has 0 spiro atoms. The average Bonchev–Trinajstić information content (AvgIpc) is 2.22. The Morgan fingerprint density at radius 2 is 2.33 bits per heavy atom. The van der Waals surface area contributed by atoms with Gasteiger partial charge < -0.3 is 5.32 Å². The first-order valence-electron chi connectivity index (χ1n) is 4.41. The van der Waals surface area contributed by atoms with Crippen molar-refractivity contribution in [2.24, 2.45) is 0 Å². The van der Waals surface area contributed by atoms with Crippen LogP contribution in [0.2, 0.25) is 5.02 Å². The highest BCUT2D eigenvalue weighted by atomic mass is 35.5. The van der Waals surface area contributed by atoms with Crippen molar-refractivity contribution in [1.82, 2.24) is 5.32 Å². The van der Waals surface area contributed by atoms with Crippen molar-refractivity contribution in [2.75, 3.05) is 18.6 Å². The second-order valence-corrected chi connectivity index (χ2v) is 4.82. The summed E-state index contributed by atoms with van der Waals surface area (Å²) in [5.41, 5.74) is 0.477. The first-order chi connectivity index (χ1) is 7.15. The van der Waals surface area contributed by atoms with Crippen molar-refractivity contribution in [1.29, 1.82) is 0 Å². The molecule has 0 fully saturated rings. The topological polar surface area (TPSA) is 29.1 Å². The lowest BCUT2D eigenvalue weighted by molar-refractivity contribution is 0.0956. The summed E-state index contributed by atoms with van der Waals surface area (Å²) in [4.78, 5) is 12.4. The van der Waals surface area contributed by atoms with Gasteiger partial charge in [-0.2, -0.15) is 11.8 Å². The predicted octanol–water partition coefficient (Wildman–Crippen LogP) is 2.72. The Balaban J connectivity index is 2.68. The van der Waals surface area contributed by atoms with Crippen LogP contribution in [0.5, 0.6) is 0 Å². The molecule has 0 saturated heterocycles. The minimum Gasteiger partial charge on any atom is -0.351 e. The lowest BCUT2D eigenvalue weighted by Gasteiger charge is -2.06. The van der Waals surface area contributed by atoms with Gasteiger partial charge in [-0.05, 0) is 24.5 Å². The van der Waals surface area contributed by atoms with E-state index in [4.69, 9.17) is 11.6 Å². The summed E-state index contributed by atoms with van der Waals surface area (Å²) < 4.78 is 0. The monoisotopic (exact) mass is 261 g/mol. The Bertz CT molecular complexity index is 357. The van der Waals surface area contributed by atoms with Crippen molar-refractivity contribution in [2.45, 2.75) is 4.90 Å². The van der Waals surface area contributed by atoms with Crippen LogP contribution in [0.15, 0.2) is 23.1 Å². The summed E-state index contributed by atoms with van der Waals surface area (Å²) in [7, 11) is 0. The van der Waals surface area contributed by atoms with E-state index in [0.29, 0.717) is 17.1 Å². The quantitative estimate of drug-likeness (QED) is 0.645. The minimum absolute atomic E-state index is 0.148. The van der Waals surface area contributed by atoms with Crippen LogP contribution in [0.4, 0.5) is 0 Å². The van der Waals surface area contributed by atoms with Crippen molar-refractivity contribution in [3.63, 3.8) is 0 Å². The molecule has 82 valence electrons. The normalized spacial score (nSPS) is 10.1. The molecule has 0 radical (unpaired) electrons. The lowest BCUT2D eigenvalue weighted by atomic mass is 10.2. The van der Waals surface area contributed by atoms with Gasteiger partial charge in [-0.15, -0.1) is 12.6 Å². The third kappa shape index (κ3) is 3.97. The maximum absolute atomic E-state index is 11.7. The Hall–Kier alpha value is -0.320. The zero-order valence-electron chi connectivity index (χ0n) is 8.29. The van der Waals surface area contributed by atoms with Gasteiger partial charge >= 0.3 is 0 Å². The number of amides is 1. The zero-order valence-corrected chi connectivity index (χ0v) is 10.8. The highest BCUT2D eigenvalue weighted by Crippen LogP contribution is 2.19. The van der Waals surface area contributed by atoms with E-state index >= 15 is 0 Å². The molecule has 0 aliphatic carbocycles. The standard InChI is InChI=1S/C10H12ClNOS2/c1-15-5-4-12-10(13)8-6-7(14)2-3-9(8)11/h2-3,6,14H,4-5H2,1H3,(H,12,13). The zero-order chi connectivity index (χ0) is 11.3. The molecule has 1 N–H and O–H groups in total. The van der Waals surface area contributed by atoms with Crippen molar-refractivity contribution >= 4 is 41.9 Å². The van der Waals surface area contributed by atoms with Crippen LogP contribution in [0.25, 0.3) is 0 Å². The van der Waals surface area contributed by atoms with Crippen LogP contribution in [-0.2, 0) is 0 Å². The third-order valence-electron chi connectivity index (χ3n) is 1.79. The summed E-state index contributed by atoms with van der Waals surface area (Å²) in [6, 6.07) is 5.09. The van der Waals surface area contributed by atoms with Gasteiger partial charge in [0.05, 0.1) is 10.6 Å². The van der Waals surface area contributed by atoms with Gasteiger partial charge in [-0.25, -0.2) is 0 Å². The number of carbonyl (C=O) groups is 1. The van der Waals surface area contributed by atoms with Gasteiger partial charge in [-0.1, -0.05) is 11.6 Å². The van der Waals surface area contributed by atoms with E-state index in [1.54, 1.807) is 30.0 Å². The summed E-state index contributed by atoms with van der Waals surface area (Å²) in [6.07, 6.45) is 1.99. The summed E-state index contributed by atoms with van der Waals surface area (Å²) in [5, 5.41) is 3.24. The predicted molar refractivity (Wildman–Crippen MR) is 69.4 cm³/mol. The largest absolute Gasteiger partial charge is 0.351 e. The van der Waals surface area contributed by atoms with Gasteiger partial charge in [-0.3, -0.25) is 4.79 Å². The van der Waals surface area contributed by atoms with Crippen LogP contribution in [0.1, 0.15) is 10.4 Å². The molecule has 2 nitrogen and oxygen atoms in total. The third-order valence-corrected chi connectivity index (χ3v) is 3.01. The maximum atomic E-state index is 11.7. The minimum atomic E-state index is -0.148. The van der Waals surface area contributed by atoms with Crippen LogP contribution in [0, 0.1) is 0 Å². The Labute approximate surface area is 104 Å². The molecule has 1 aromatic rings. The van der Waals surface area contributed by atoms with Gasteiger partial charge in [0.25, 0.3) is 5.91 Å². The first kappa shape index (κ1) is 12.7. The summed E-state index contributed by atoms with van der Waals surface area (Å²) in [5.74, 6) is 0.745. The van der Waals surface area contributed by atoms with E-state index in [9.17, 15) is 4.79 Å². The van der Waals surface area contributed by atoms with E-state index in [2.05, 4.69) is 17.9 Å². The Kier molecular flexibility index (Phi) is 5.36. The van der Waals surface area contributed by atoms with E-state index in [0.717, 1.165) is 10.6 Å². The number of hydrogen-bond acceptors (Lipinski definition) is 3. The summed E-state index contributed by atoms with van der Waals surface area (Å²) >= 11 is 11.7. The van der Waals surface area contributed by atoms with Crippen molar-refractivity contribution in [3.8, 4) is 0 Å². The van der Waals surface area contributed by atoms with Crippen molar-refractivity contribution in [3.05, 3.63) is 28.8 Å². The number of halogens is 1. The number of nitrogens with one attached hydrogen (secondary N) is 1. The SMILES string of the molecule is CSCCNC(=O)c1cc(S)ccc1Cl. The molecule has 0 unspecified atom stereocenters. The van der Waals surface area contributed by atoms with Crippen LogP contribution < -0.4 is 5.32 Å². The number of benzene rings is 1. The van der Waals surface area contributed by atoms with E-state index in [-0.39, 0.29) is 5.91 Å². The molecule has 1 rings (SSSR count). The number of rotatable bonds is 4. The second-order valence-electron chi connectivity index (χ2n) is 2.91. The number of hydrogen-bond donors (Lipinski definition) is 2. The molecule has 0 aliphatic heterocycles. The molecular weight excluding hydrogens is 250 g/mol. The molecule has 0 saturated carbocycles. The van der Waals surface area contributed by atoms with Crippen LogP contribution in [-0.4, -0.2) is 24.5 Å². The number of carbonyl (C=O) groups excluding carboxylic acids is 1. The molecule has 15 heavy (non-hydrogen) atoms. The molecule has 0 bridgehead atoms.